The van der Waals surface area contributed by atoms with Gasteiger partial charge < -0.3 is 20.2 Å². The number of nitrogens with one attached hydrogen (secondary N) is 1. The summed E-state index contributed by atoms with van der Waals surface area (Å²) in [6.45, 7) is 6.49. The number of hydrogen-bond acceptors (Lipinski definition) is 5. The predicted molar refractivity (Wildman–Crippen MR) is 124 cm³/mol. The number of aryl methyl sites for hydroxylation is 1. The standard InChI is InChI=1S/C19H27N5OS.HI/c1-3-15-14-22-18(26-15)8-9-21-19(20-2)24-12-10-23(11-13-24)16-6-4-5-7-17(16)25;/h4-7,14,25H,3,8-13H2,1-2H3,(H,20,21);1H. The van der Waals surface area contributed by atoms with Gasteiger partial charge in [-0.05, 0) is 18.6 Å². The minimum Gasteiger partial charge on any atom is -0.506 e. The van der Waals surface area contributed by atoms with Gasteiger partial charge >= 0.3 is 0 Å². The molecule has 0 amide bonds. The maximum absolute atomic E-state index is 10.0. The molecule has 0 atom stereocenters. The molecule has 0 radical (unpaired) electrons. The van der Waals surface area contributed by atoms with Crippen LogP contribution in [0.4, 0.5) is 5.69 Å². The maximum atomic E-state index is 10.0. The van der Waals surface area contributed by atoms with Gasteiger partial charge in [-0.1, -0.05) is 19.1 Å². The zero-order chi connectivity index (χ0) is 18.4. The number of aromatic nitrogens is 1. The van der Waals surface area contributed by atoms with Crippen molar-refractivity contribution in [2.24, 2.45) is 4.99 Å². The van der Waals surface area contributed by atoms with Crippen molar-refractivity contribution < 1.29 is 5.11 Å². The number of thiazole rings is 1. The second kappa shape index (κ2) is 10.7. The summed E-state index contributed by atoms with van der Waals surface area (Å²) in [7, 11) is 1.83. The third-order valence-electron chi connectivity index (χ3n) is 4.59. The van der Waals surface area contributed by atoms with Crippen LogP contribution in [0.25, 0.3) is 0 Å². The van der Waals surface area contributed by atoms with E-state index in [2.05, 4.69) is 32.0 Å². The Balaban J connectivity index is 0.00000261. The number of phenols is 1. The molecular weight excluding hydrogens is 473 g/mol. The summed E-state index contributed by atoms with van der Waals surface area (Å²) in [5.41, 5.74) is 0.908. The fraction of sp³-hybridized carbons (Fsp3) is 0.474. The van der Waals surface area contributed by atoms with Gasteiger partial charge in [0.15, 0.2) is 5.96 Å². The van der Waals surface area contributed by atoms with E-state index >= 15 is 0 Å². The van der Waals surface area contributed by atoms with E-state index in [9.17, 15) is 5.11 Å². The molecule has 1 saturated heterocycles. The normalized spacial score (nSPS) is 14.8. The Kier molecular flexibility index (Phi) is 8.62. The number of anilines is 1. The lowest BCUT2D eigenvalue weighted by atomic mass is 10.2. The Hall–Kier alpha value is -1.55. The van der Waals surface area contributed by atoms with Crippen LogP contribution in [0.1, 0.15) is 16.8 Å². The van der Waals surface area contributed by atoms with Gasteiger partial charge in [0.25, 0.3) is 0 Å². The van der Waals surface area contributed by atoms with E-state index in [1.807, 2.05) is 31.4 Å². The fourth-order valence-electron chi connectivity index (χ4n) is 3.13. The molecule has 1 aromatic heterocycles. The Morgan fingerprint density at radius 3 is 2.63 bits per heavy atom. The first kappa shape index (κ1) is 21.7. The number of aliphatic imine (C=N–C) groups is 1. The summed E-state index contributed by atoms with van der Waals surface area (Å²) in [5, 5.41) is 14.7. The SMILES string of the molecule is CCc1cnc(CCNC(=NC)N2CCN(c3ccccc3O)CC2)s1.I. The summed E-state index contributed by atoms with van der Waals surface area (Å²) >= 11 is 1.79. The van der Waals surface area contributed by atoms with Gasteiger partial charge in [0, 0.05) is 57.3 Å². The monoisotopic (exact) mass is 501 g/mol. The second-order valence-corrected chi connectivity index (χ2v) is 7.46. The van der Waals surface area contributed by atoms with Gasteiger partial charge in [0.05, 0.1) is 10.7 Å². The number of aromatic hydroxyl groups is 1. The van der Waals surface area contributed by atoms with Crippen LogP contribution >= 0.6 is 35.3 Å². The highest BCUT2D eigenvalue weighted by atomic mass is 127. The smallest absolute Gasteiger partial charge is 0.193 e. The van der Waals surface area contributed by atoms with Crippen LogP contribution in [0.3, 0.4) is 0 Å². The number of para-hydroxylation sites is 2. The number of phenolic OH excluding ortho intramolecular Hbond substituents is 1. The van der Waals surface area contributed by atoms with Crippen molar-refractivity contribution in [1.82, 2.24) is 15.2 Å². The van der Waals surface area contributed by atoms with Crippen LogP contribution in [-0.2, 0) is 12.8 Å². The van der Waals surface area contributed by atoms with E-state index in [-0.39, 0.29) is 24.0 Å². The van der Waals surface area contributed by atoms with Crippen molar-refractivity contribution in [3.8, 4) is 5.75 Å². The first-order chi connectivity index (χ1) is 12.7. The molecule has 0 bridgehead atoms. The summed E-state index contributed by atoms with van der Waals surface area (Å²) in [5.74, 6) is 1.28. The number of guanidine groups is 1. The van der Waals surface area contributed by atoms with Crippen molar-refractivity contribution in [3.63, 3.8) is 0 Å². The first-order valence-corrected chi connectivity index (χ1v) is 9.95. The zero-order valence-electron chi connectivity index (χ0n) is 15.9. The number of nitrogens with zero attached hydrogens (tertiary/aromatic N) is 4. The lowest BCUT2D eigenvalue weighted by Gasteiger charge is -2.37. The number of hydrogen-bond donors (Lipinski definition) is 2. The van der Waals surface area contributed by atoms with Crippen LogP contribution in [0.2, 0.25) is 0 Å². The van der Waals surface area contributed by atoms with E-state index in [0.29, 0.717) is 5.75 Å². The molecule has 2 heterocycles. The summed E-state index contributed by atoms with van der Waals surface area (Å²) in [6.07, 6.45) is 3.95. The molecular formula is C19H28IN5OS. The molecule has 0 aliphatic carbocycles. The van der Waals surface area contributed by atoms with E-state index in [1.54, 1.807) is 17.4 Å². The van der Waals surface area contributed by atoms with Crippen molar-refractivity contribution in [2.45, 2.75) is 19.8 Å². The molecule has 0 saturated carbocycles. The summed E-state index contributed by atoms with van der Waals surface area (Å²) < 4.78 is 0. The zero-order valence-corrected chi connectivity index (χ0v) is 19.0. The molecule has 6 nitrogen and oxygen atoms in total. The molecule has 1 aromatic carbocycles. The highest BCUT2D eigenvalue weighted by Gasteiger charge is 2.21. The third kappa shape index (κ3) is 5.71. The highest BCUT2D eigenvalue weighted by Crippen LogP contribution is 2.27. The van der Waals surface area contributed by atoms with E-state index in [4.69, 9.17) is 0 Å². The Morgan fingerprint density at radius 1 is 1.26 bits per heavy atom. The quantitative estimate of drug-likeness (QED) is 0.375. The minimum atomic E-state index is 0. The third-order valence-corrected chi connectivity index (χ3v) is 5.79. The fourth-order valence-corrected chi connectivity index (χ4v) is 3.99. The van der Waals surface area contributed by atoms with Crippen molar-refractivity contribution in [3.05, 3.63) is 40.3 Å². The molecule has 3 rings (SSSR count). The van der Waals surface area contributed by atoms with Gasteiger partial charge in [0.2, 0.25) is 0 Å². The maximum Gasteiger partial charge on any atom is 0.193 e. The van der Waals surface area contributed by atoms with Gasteiger partial charge in [-0.25, -0.2) is 4.98 Å². The molecule has 2 N–H and O–H groups in total. The molecule has 8 heteroatoms. The highest BCUT2D eigenvalue weighted by molar-refractivity contribution is 14.0. The lowest BCUT2D eigenvalue weighted by Crippen LogP contribution is -2.52. The number of piperazine rings is 1. The van der Waals surface area contributed by atoms with E-state index in [0.717, 1.165) is 57.2 Å². The molecule has 148 valence electrons. The minimum absolute atomic E-state index is 0. The molecule has 27 heavy (non-hydrogen) atoms. The summed E-state index contributed by atoms with van der Waals surface area (Å²) in [4.78, 5) is 14.7. The predicted octanol–water partition coefficient (Wildman–Crippen LogP) is 2.97. The lowest BCUT2D eigenvalue weighted by molar-refractivity contribution is 0.370. The number of benzene rings is 1. The van der Waals surface area contributed by atoms with Crippen LogP contribution in [0.5, 0.6) is 5.75 Å². The first-order valence-electron chi connectivity index (χ1n) is 9.13. The molecule has 0 unspecified atom stereocenters. The topological polar surface area (TPSA) is 64.0 Å². The Bertz CT molecular complexity index is 743. The van der Waals surface area contributed by atoms with Crippen molar-refractivity contribution in [2.75, 3.05) is 44.7 Å². The van der Waals surface area contributed by atoms with Crippen LogP contribution in [-0.4, -0.2) is 60.7 Å². The van der Waals surface area contributed by atoms with Gasteiger partial charge in [0.1, 0.15) is 5.75 Å². The van der Waals surface area contributed by atoms with Crippen molar-refractivity contribution in [1.29, 1.82) is 0 Å². The van der Waals surface area contributed by atoms with Crippen molar-refractivity contribution >= 4 is 47.0 Å². The van der Waals surface area contributed by atoms with Crippen LogP contribution < -0.4 is 10.2 Å². The molecule has 0 spiro atoms. The number of rotatable bonds is 5. The Labute approximate surface area is 182 Å². The number of halogens is 1. The average Bonchev–Trinajstić information content (AvgIpc) is 3.14. The molecule has 1 aliphatic rings. The second-order valence-electron chi connectivity index (χ2n) is 6.26. The van der Waals surface area contributed by atoms with E-state index in [1.165, 1.54) is 9.88 Å². The average molecular weight is 501 g/mol. The summed E-state index contributed by atoms with van der Waals surface area (Å²) in [6, 6.07) is 7.53. The van der Waals surface area contributed by atoms with Gasteiger partial charge in [-0.3, -0.25) is 4.99 Å². The van der Waals surface area contributed by atoms with Crippen LogP contribution in [0, 0.1) is 0 Å². The molecule has 2 aromatic rings. The molecule has 1 aliphatic heterocycles. The molecule has 1 fully saturated rings. The van der Waals surface area contributed by atoms with Gasteiger partial charge in [-0.15, -0.1) is 35.3 Å². The van der Waals surface area contributed by atoms with Gasteiger partial charge in [-0.2, -0.15) is 0 Å². The largest absolute Gasteiger partial charge is 0.506 e. The van der Waals surface area contributed by atoms with Crippen LogP contribution in [0.15, 0.2) is 35.5 Å². The Morgan fingerprint density at radius 2 is 2.00 bits per heavy atom. The van der Waals surface area contributed by atoms with E-state index < -0.39 is 0 Å².